The number of pyridine rings is 1. The van der Waals surface area contributed by atoms with Crippen LogP contribution in [0.25, 0.3) is 10.9 Å². The van der Waals surface area contributed by atoms with Crippen molar-refractivity contribution >= 4 is 22.5 Å². The third kappa shape index (κ3) is 3.05. The molecule has 1 aliphatic heterocycles. The van der Waals surface area contributed by atoms with Crippen molar-refractivity contribution in [2.45, 2.75) is 32.7 Å². The Morgan fingerprint density at radius 3 is 3.08 bits per heavy atom. The van der Waals surface area contributed by atoms with E-state index in [9.17, 15) is 9.59 Å². The quantitative estimate of drug-likeness (QED) is 0.748. The fourth-order valence-corrected chi connectivity index (χ4v) is 3.41. The number of aromatic amines is 1. The molecule has 128 valence electrons. The molecule has 0 aliphatic carbocycles. The Kier molecular flexibility index (Phi) is 3.83. The standard InChI is InChI=1S/C18H19N5O2/c1-11-8-17(24)21-15-4-3-13(9-14(11)15)20-18(25)12-2-5-16-22-19-10-23(16)7-6-12/h3-4,8-10,12H,2,5-7H2,1H3,(H,20,25)(H,21,24). The van der Waals surface area contributed by atoms with Gasteiger partial charge in [-0.25, -0.2) is 0 Å². The van der Waals surface area contributed by atoms with Gasteiger partial charge in [0.2, 0.25) is 11.5 Å². The van der Waals surface area contributed by atoms with E-state index >= 15 is 0 Å². The summed E-state index contributed by atoms with van der Waals surface area (Å²) in [5, 5.41) is 12.0. The van der Waals surface area contributed by atoms with Crippen LogP contribution in [0.15, 0.2) is 35.4 Å². The number of nitrogens with zero attached hydrogens (tertiary/aromatic N) is 3. The molecule has 2 N–H and O–H groups in total. The van der Waals surface area contributed by atoms with E-state index in [2.05, 4.69) is 20.5 Å². The van der Waals surface area contributed by atoms with Crippen molar-refractivity contribution in [2.24, 2.45) is 5.92 Å². The van der Waals surface area contributed by atoms with Crippen LogP contribution < -0.4 is 10.9 Å². The van der Waals surface area contributed by atoms with E-state index in [1.807, 2.05) is 29.7 Å². The van der Waals surface area contributed by atoms with Crippen molar-refractivity contribution in [1.29, 1.82) is 0 Å². The lowest BCUT2D eigenvalue weighted by Crippen LogP contribution is -2.23. The molecule has 25 heavy (non-hydrogen) atoms. The predicted octanol–water partition coefficient (Wildman–Crippen LogP) is 2.02. The molecule has 3 heterocycles. The van der Waals surface area contributed by atoms with Crippen LogP contribution in [0.3, 0.4) is 0 Å². The second kappa shape index (κ2) is 6.16. The number of amides is 1. The van der Waals surface area contributed by atoms with E-state index in [1.165, 1.54) is 0 Å². The summed E-state index contributed by atoms with van der Waals surface area (Å²) < 4.78 is 2.02. The smallest absolute Gasteiger partial charge is 0.248 e. The van der Waals surface area contributed by atoms with Gasteiger partial charge in [-0.3, -0.25) is 9.59 Å². The molecule has 0 saturated heterocycles. The largest absolute Gasteiger partial charge is 0.326 e. The summed E-state index contributed by atoms with van der Waals surface area (Å²) in [6, 6.07) is 7.12. The molecule has 4 rings (SSSR count). The van der Waals surface area contributed by atoms with Gasteiger partial charge in [0.15, 0.2) is 0 Å². The first-order valence-electron chi connectivity index (χ1n) is 8.41. The average molecular weight is 337 g/mol. The molecule has 0 saturated carbocycles. The Labute approximate surface area is 144 Å². The highest BCUT2D eigenvalue weighted by Gasteiger charge is 2.23. The van der Waals surface area contributed by atoms with Crippen LogP contribution in [-0.4, -0.2) is 25.7 Å². The Morgan fingerprint density at radius 2 is 2.20 bits per heavy atom. The third-order valence-electron chi connectivity index (χ3n) is 4.82. The number of fused-ring (bicyclic) bond motifs is 2. The highest BCUT2D eigenvalue weighted by atomic mass is 16.2. The summed E-state index contributed by atoms with van der Waals surface area (Å²) in [6.45, 7) is 2.66. The number of hydrogen-bond acceptors (Lipinski definition) is 4. The van der Waals surface area contributed by atoms with Crippen molar-refractivity contribution in [3.8, 4) is 0 Å². The van der Waals surface area contributed by atoms with Gasteiger partial charge in [0.1, 0.15) is 12.2 Å². The first-order chi connectivity index (χ1) is 12.1. The van der Waals surface area contributed by atoms with E-state index in [-0.39, 0.29) is 17.4 Å². The summed E-state index contributed by atoms with van der Waals surface area (Å²) >= 11 is 0. The Balaban J connectivity index is 1.52. The summed E-state index contributed by atoms with van der Waals surface area (Å²) in [5.41, 5.74) is 2.29. The number of carbonyl (C=O) groups is 1. The summed E-state index contributed by atoms with van der Waals surface area (Å²) in [5.74, 6) is 0.926. The van der Waals surface area contributed by atoms with Gasteiger partial charge in [-0.05, 0) is 43.5 Å². The number of benzene rings is 1. The first kappa shape index (κ1) is 15.6. The van der Waals surface area contributed by atoms with Crippen LogP contribution in [-0.2, 0) is 17.8 Å². The minimum absolute atomic E-state index is 0.0279. The SMILES string of the molecule is Cc1cc(=O)[nH]c2ccc(NC(=O)C3CCc4nncn4CC3)cc12. The highest BCUT2D eigenvalue weighted by molar-refractivity contribution is 5.95. The third-order valence-corrected chi connectivity index (χ3v) is 4.82. The van der Waals surface area contributed by atoms with Gasteiger partial charge >= 0.3 is 0 Å². The average Bonchev–Trinajstić information content (AvgIpc) is 2.93. The van der Waals surface area contributed by atoms with Crippen molar-refractivity contribution in [2.75, 3.05) is 5.32 Å². The van der Waals surface area contributed by atoms with E-state index in [1.54, 1.807) is 12.4 Å². The molecule has 1 aliphatic rings. The molecule has 2 aromatic heterocycles. The zero-order valence-electron chi connectivity index (χ0n) is 14.0. The number of nitrogens with one attached hydrogen (secondary N) is 2. The number of aryl methyl sites for hydroxylation is 3. The van der Waals surface area contributed by atoms with Crippen LogP contribution in [0.5, 0.6) is 0 Å². The van der Waals surface area contributed by atoms with Crippen LogP contribution in [0.2, 0.25) is 0 Å². The molecule has 7 nitrogen and oxygen atoms in total. The van der Waals surface area contributed by atoms with Gasteiger partial charge in [0.25, 0.3) is 0 Å². The number of anilines is 1. The van der Waals surface area contributed by atoms with E-state index in [0.717, 1.165) is 53.8 Å². The molecule has 3 aromatic rings. The molecule has 0 radical (unpaired) electrons. The lowest BCUT2D eigenvalue weighted by molar-refractivity contribution is -0.120. The van der Waals surface area contributed by atoms with Crippen molar-refractivity contribution in [1.82, 2.24) is 19.7 Å². The van der Waals surface area contributed by atoms with Gasteiger partial charge in [-0.2, -0.15) is 0 Å². The number of hydrogen-bond donors (Lipinski definition) is 2. The molecule has 0 spiro atoms. The highest BCUT2D eigenvalue weighted by Crippen LogP contribution is 2.23. The second-order valence-electron chi connectivity index (χ2n) is 6.53. The zero-order valence-corrected chi connectivity index (χ0v) is 14.0. The summed E-state index contributed by atoms with van der Waals surface area (Å²) in [4.78, 5) is 27.0. The topological polar surface area (TPSA) is 92.7 Å². The molecule has 0 bridgehead atoms. The van der Waals surface area contributed by atoms with Crippen LogP contribution in [0.4, 0.5) is 5.69 Å². The number of carbonyl (C=O) groups excluding carboxylic acids is 1. The van der Waals surface area contributed by atoms with E-state index in [0.29, 0.717) is 0 Å². The lowest BCUT2D eigenvalue weighted by Gasteiger charge is -2.14. The maximum atomic E-state index is 12.7. The molecule has 1 aromatic carbocycles. The predicted molar refractivity (Wildman–Crippen MR) is 94.4 cm³/mol. The molecular weight excluding hydrogens is 318 g/mol. The van der Waals surface area contributed by atoms with Gasteiger partial charge in [0, 0.05) is 41.5 Å². The molecule has 1 amide bonds. The normalized spacial score (nSPS) is 17.1. The molecular formula is C18H19N5O2. The number of aromatic nitrogens is 4. The fourth-order valence-electron chi connectivity index (χ4n) is 3.41. The molecule has 1 unspecified atom stereocenters. The minimum atomic E-state index is -0.118. The molecule has 7 heteroatoms. The lowest BCUT2D eigenvalue weighted by atomic mass is 9.99. The van der Waals surface area contributed by atoms with Gasteiger partial charge in [0.05, 0.1) is 0 Å². The van der Waals surface area contributed by atoms with Crippen LogP contribution in [0.1, 0.15) is 24.2 Å². The summed E-state index contributed by atoms with van der Waals surface area (Å²) in [6.07, 6.45) is 4.03. The number of H-pyrrole nitrogens is 1. The number of rotatable bonds is 2. The summed E-state index contributed by atoms with van der Waals surface area (Å²) in [7, 11) is 0. The maximum Gasteiger partial charge on any atom is 0.248 e. The van der Waals surface area contributed by atoms with E-state index < -0.39 is 0 Å². The second-order valence-corrected chi connectivity index (χ2v) is 6.53. The van der Waals surface area contributed by atoms with Gasteiger partial charge in [-0.1, -0.05) is 0 Å². The van der Waals surface area contributed by atoms with Gasteiger partial charge < -0.3 is 14.9 Å². The minimum Gasteiger partial charge on any atom is -0.326 e. The monoisotopic (exact) mass is 337 g/mol. The van der Waals surface area contributed by atoms with E-state index in [4.69, 9.17) is 0 Å². The zero-order chi connectivity index (χ0) is 17.4. The van der Waals surface area contributed by atoms with Crippen molar-refractivity contribution < 1.29 is 4.79 Å². The van der Waals surface area contributed by atoms with Gasteiger partial charge in [-0.15, -0.1) is 10.2 Å². The van der Waals surface area contributed by atoms with Crippen LogP contribution in [0, 0.1) is 12.8 Å². The van der Waals surface area contributed by atoms with Crippen LogP contribution >= 0.6 is 0 Å². The van der Waals surface area contributed by atoms with Crippen molar-refractivity contribution in [3.63, 3.8) is 0 Å². The maximum absolute atomic E-state index is 12.7. The van der Waals surface area contributed by atoms with Crippen molar-refractivity contribution in [3.05, 3.63) is 52.3 Å². The fraction of sp³-hybridized carbons (Fsp3) is 0.333. The Morgan fingerprint density at radius 1 is 1.32 bits per heavy atom. The molecule has 0 fully saturated rings. The Hall–Kier alpha value is -2.96. The molecule has 1 atom stereocenters. The Bertz CT molecular complexity index is 982. The first-order valence-corrected chi connectivity index (χ1v) is 8.41.